The highest BCUT2D eigenvalue weighted by Crippen LogP contribution is 2.23. The van der Waals surface area contributed by atoms with Crippen molar-refractivity contribution in [1.82, 2.24) is 5.32 Å². The van der Waals surface area contributed by atoms with Gasteiger partial charge in [0.15, 0.2) is 0 Å². The molecule has 1 rings (SSSR count). The molecule has 1 aromatic carbocycles. The molecule has 0 fully saturated rings. The van der Waals surface area contributed by atoms with Gasteiger partial charge in [-0.15, -0.1) is 11.6 Å². The average molecular weight is 290 g/mol. The highest BCUT2D eigenvalue weighted by atomic mass is 35.5. The number of rotatable bonds is 5. The van der Waals surface area contributed by atoms with Crippen molar-refractivity contribution in [2.45, 2.75) is 26.3 Å². The number of benzene rings is 1. The van der Waals surface area contributed by atoms with Crippen LogP contribution in [0.15, 0.2) is 18.2 Å². The number of phenolic OH excluding ortho intramolecular Hbond substituents is 1. The van der Waals surface area contributed by atoms with E-state index in [0.29, 0.717) is 17.4 Å². The second kappa shape index (κ2) is 6.86. The SMILES string of the molecule is CC(C)CC(CCl)NC(=O)c1ccc(O)c(Cl)c1. The van der Waals surface area contributed by atoms with E-state index in [2.05, 4.69) is 19.2 Å². The van der Waals surface area contributed by atoms with Crippen molar-refractivity contribution < 1.29 is 9.90 Å². The molecule has 5 heteroatoms. The third kappa shape index (κ3) is 4.39. The minimum Gasteiger partial charge on any atom is -0.506 e. The Bertz CT molecular complexity index is 421. The van der Waals surface area contributed by atoms with E-state index in [1.807, 2.05) is 0 Å². The smallest absolute Gasteiger partial charge is 0.251 e. The minimum absolute atomic E-state index is 0.0377. The quantitative estimate of drug-likeness (QED) is 0.816. The molecular weight excluding hydrogens is 273 g/mol. The lowest BCUT2D eigenvalue weighted by molar-refractivity contribution is 0.0936. The lowest BCUT2D eigenvalue weighted by Crippen LogP contribution is -2.37. The van der Waals surface area contributed by atoms with Gasteiger partial charge in [-0.2, -0.15) is 0 Å². The van der Waals surface area contributed by atoms with E-state index >= 15 is 0 Å². The zero-order chi connectivity index (χ0) is 13.7. The van der Waals surface area contributed by atoms with Crippen LogP contribution in [0.5, 0.6) is 5.75 Å². The monoisotopic (exact) mass is 289 g/mol. The van der Waals surface area contributed by atoms with Crippen LogP contribution in [-0.2, 0) is 0 Å². The zero-order valence-corrected chi connectivity index (χ0v) is 11.9. The van der Waals surface area contributed by atoms with Gasteiger partial charge >= 0.3 is 0 Å². The number of phenols is 1. The summed E-state index contributed by atoms with van der Waals surface area (Å²) in [7, 11) is 0. The van der Waals surface area contributed by atoms with Crippen molar-refractivity contribution in [2.24, 2.45) is 5.92 Å². The van der Waals surface area contributed by atoms with E-state index in [0.717, 1.165) is 6.42 Å². The first-order valence-corrected chi connectivity index (χ1v) is 6.70. The van der Waals surface area contributed by atoms with Crippen LogP contribution in [0.25, 0.3) is 0 Å². The van der Waals surface area contributed by atoms with Crippen LogP contribution < -0.4 is 5.32 Å². The molecule has 0 heterocycles. The summed E-state index contributed by atoms with van der Waals surface area (Å²) in [5.41, 5.74) is 0.414. The predicted octanol–water partition coefficient (Wildman–Crippen LogP) is 3.43. The molecule has 0 aromatic heterocycles. The normalized spacial score (nSPS) is 12.5. The summed E-state index contributed by atoms with van der Waals surface area (Å²) < 4.78 is 0. The van der Waals surface area contributed by atoms with Crippen LogP contribution in [-0.4, -0.2) is 22.9 Å². The molecule has 1 unspecified atom stereocenters. The summed E-state index contributed by atoms with van der Waals surface area (Å²) in [4.78, 5) is 11.9. The Morgan fingerprint density at radius 2 is 2.11 bits per heavy atom. The number of amides is 1. The Morgan fingerprint density at radius 3 is 2.61 bits per heavy atom. The van der Waals surface area contributed by atoms with Crippen molar-refractivity contribution >= 4 is 29.1 Å². The van der Waals surface area contributed by atoms with E-state index in [1.165, 1.54) is 18.2 Å². The summed E-state index contributed by atoms with van der Waals surface area (Å²) in [6.07, 6.45) is 0.820. The fourth-order valence-corrected chi connectivity index (χ4v) is 2.03. The van der Waals surface area contributed by atoms with Crippen LogP contribution >= 0.6 is 23.2 Å². The Labute approximate surface area is 117 Å². The maximum atomic E-state index is 11.9. The first kappa shape index (κ1) is 15.1. The Kier molecular flexibility index (Phi) is 5.76. The van der Waals surface area contributed by atoms with Gasteiger partial charge in [-0.3, -0.25) is 4.79 Å². The first-order valence-electron chi connectivity index (χ1n) is 5.79. The molecule has 100 valence electrons. The minimum atomic E-state index is -0.233. The van der Waals surface area contributed by atoms with Crippen LogP contribution in [0.3, 0.4) is 0 Å². The van der Waals surface area contributed by atoms with E-state index in [9.17, 15) is 9.90 Å². The van der Waals surface area contributed by atoms with E-state index in [-0.39, 0.29) is 22.7 Å². The molecule has 0 aliphatic carbocycles. The molecule has 0 saturated carbocycles. The maximum absolute atomic E-state index is 11.9. The second-order valence-corrected chi connectivity index (χ2v) is 5.34. The lowest BCUT2D eigenvalue weighted by Gasteiger charge is -2.18. The predicted molar refractivity (Wildman–Crippen MR) is 74.5 cm³/mol. The number of carbonyl (C=O) groups excluding carboxylic acids is 1. The summed E-state index contributed by atoms with van der Waals surface area (Å²) in [6.45, 7) is 4.15. The van der Waals surface area contributed by atoms with E-state index in [1.54, 1.807) is 0 Å². The molecule has 1 amide bonds. The zero-order valence-electron chi connectivity index (χ0n) is 10.4. The summed E-state index contributed by atoms with van der Waals surface area (Å²) >= 11 is 11.6. The summed E-state index contributed by atoms with van der Waals surface area (Å²) in [6, 6.07) is 4.30. The lowest BCUT2D eigenvalue weighted by atomic mass is 10.0. The van der Waals surface area contributed by atoms with Gasteiger partial charge in [0.25, 0.3) is 5.91 Å². The number of hydrogen-bond donors (Lipinski definition) is 2. The van der Waals surface area contributed by atoms with Crippen molar-refractivity contribution in [3.63, 3.8) is 0 Å². The molecular formula is C13H17Cl2NO2. The van der Waals surface area contributed by atoms with Gasteiger partial charge in [-0.05, 0) is 30.5 Å². The second-order valence-electron chi connectivity index (χ2n) is 4.62. The molecule has 0 aliphatic heterocycles. The molecule has 1 aromatic rings. The molecule has 18 heavy (non-hydrogen) atoms. The third-order valence-electron chi connectivity index (χ3n) is 2.49. The highest BCUT2D eigenvalue weighted by Gasteiger charge is 2.15. The highest BCUT2D eigenvalue weighted by molar-refractivity contribution is 6.32. The summed E-state index contributed by atoms with van der Waals surface area (Å²) in [5, 5.41) is 12.3. The molecule has 3 nitrogen and oxygen atoms in total. The largest absolute Gasteiger partial charge is 0.506 e. The number of halogens is 2. The topological polar surface area (TPSA) is 49.3 Å². The number of aromatic hydroxyl groups is 1. The third-order valence-corrected chi connectivity index (χ3v) is 3.16. The van der Waals surface area contributed by atoms with Gasteiger partial charge in [-0.1, -0.05) is 25.4 Å². The molecule has 0 aliphatic rings. The van der Waals surface area contributed by atoms with Gasteiger partial charge in [0, 0.05) is 17.5 Å². The Balaban J connectivity index is 2.71. The van der Waals surface area contributed by atoms with Gasteiger partial charge in [0.2, 0.25) is 0 Å². The number of carbonyl (C=O) groups is 1. The van der Waals surface area contributed by atoms with Gasteiger partial charge < -0.3 is 10.4 Å². The fourth-order valence-electron chi connectivity index (χ4n) is 1.65. The van der Waals surface area contributed by atoms with Gasteiger partial charge in [0.05, 0.1) is 5.02 Å². The van der Waals surface area contributed by atoms with Crippen molar-refractivity contribution in [2.75, 3.05) is 5.88 Å². The Morgan fingerprint density at radius 1 is 1.44 bits per heavy atom. The van der Waals surface area contributed by atoms with Crippen molar-refractivity contribution in [3.05, 3.63) is 28.8 Å². The van der Waals surface area contributed by atoms with Crippen molar-refractivity contribution in [3.8, 4) is 5.75 Å². The van der Waals surface area contributed by atoms with Gasteiger partial charge in [0.1, 0.15) is 5.75 Å². The fraction of sp³-hybridized carbons (Fsp3) is 0.462. The molecule has 0 bridgehead atoms. The van der Waals surface area contributed by atoms with E-state index < -0.39 is 0 Å². The standard InChI is InChI=1S/C13H17Cl2NO2/c1-8(2)5-10(7-14)16-13(18)9-3-4-12(17)11(15)6-9/h3-4,6,8,10,17H,5,7H2,1-2H3,(H,16,18). The van der Waals surface area contributed by atoms with Crippen LogP contribution in [0.1, 0.15) is 30.6 Å². The maximum Gasteiger partial charge on any atom is 0.251 e. The molecule has 1 atom stereocenters. The van der Waals surface area contributed by atoms with Crippen LogP contribution in [0.4, 0.5) is 0 Å². The number of nitrogens with one attached hydrogen (secondary N) is 1. The number of hydrogen-bond acceptors (Lipinski definition) is 2. The average Bonchev–Trinajstić information content (AvgIpc) is 2.31. The van der Waals surface area contributed by atoms with E-state index in [4.69, 9.17) is 23.2 Å². The first-order chi connectivity index (χ1) is 8.43. The Hall–Kier alpha value is -0.930. The summed E-state index contributed by atoms with van der Waals surface area (Å²) in [5.74, 6) is 0.556. The number of alkyl halides is 1. The van der Waals surface area contributed by atoms with Crippen LogP contribution in [0, 0.1) is 5.92 Å². The molecule has 0 radical (unpaired) electrons. The molecule has 2 N–H and O–H groups in total. The van der Waals surface area contributed by atoms with Crippen LogP contribution in [0.2, 0.25) is 5.02 Å². The molecule has 0 spiro atoms. The molecule has 0 saturated heterocycles. The van der Waals surface area contributed by atoms with Crippen molar-refractivity contribution in [1.29, 1.82) is 0 Å². The van der Waals surface area contributed by atoms with Gasteiger partial charge in [-0.25, -0.2) is 0 Å².